The molecule has 0 bridgehead atoms. The number of nitrogens with zero attached hydrogens (tertiary/aromatic N) is 2. The molecular weight excluding hydrogens is 561 g/mol. The number of anilines is 1. The molecule has 1 unspecified atom stereocenters. The van der Waals surface area contributed by atoms with Gasteiger partial charge in [0.25, 0.3) is 0 Å². The SMILES string of the molecule is COc1cccc(N(CCCC(=O)N(Cc2ccc(Cl)cc2Cl)C(C)C(=O)NC2CCCCC2)S(C)(=O)=O)c1. The highest BCUT2D eigenvalue weighted by molar-refractivity contribution is 7.92. The Labute approximate surface area is 241 Å². The van der Waals surface area contributed by atoms with Gasteiger partial charge in [0, 0.05) is 41.7 Å². The fraction of sp³-hybridized carbons (Fsp3) is 0.500. The van der Waals surface area contributed by atoms with Crippen LogP contribution in [0.3, 0.4) is 0 Å². The predicted molar refractivity (Wildman–Crippen MR) is 156 cm³/mol. The lowest BCUT2D eigenvalue weighted by Gasteiger charge is -2.32. The number of carbonyl (C=O) groups excluding carboxylic acids is 2. The molecule has 8 nitrogen and oxygen atoms in total. The average Bonchev–Trinajstić information content (AvgIpc) is 2.90. The summed E-state index contributed by atoms with van der Waals surface area (Å²) < 4.78 is 31.6. The van der Waals surface area contributed by atoms with Crippen LogP contribution in [-0.4, -0.2) is 57.1 Å². The number of amides is 2. The number of ether oxygens (including phenoxy) is 1. The minimum absolute atomic E-state index is 0.0439. The Morgan fingerprint density at radius 2 is 1.82 bits per heavy atom. The van der Waals surface area contributed by atoms with Crippen molar-refractivity contribution in [3.63, 3.8) is 0 Å². The molecular formula is C28H37Cl2N3O5S. The first-order valence-corrected chi connectivity index (χ1v) is 15.8. The molecule has 0 heterocycles. The Hall–Kier alpha value is -2.49. The highest BCUT2D eigenvalue weighted by Gasteiger charge is 2.29. The van der Waals surface area contributed by atoms with E-state index in [0.29, 0.717) is 27.0 Å². The number of halogens is 2. The van der Waals surface area contributed by atoms with E-state index in [4.69, 9.17) is 27.9 Å². The third-order valence-corrected chi connectivity index (χ3v) is 8.75. The smallest absolute Gasteiger partial charge is 0.242 e. The van der Waals surface area contributed by atoms with Crippen molar-refractivity contribution in [2.45, 2.75) is 70.5 Å². The van der Waals surface area contributed by atoms with Crippen LogP contribution < -0.4 is 14.4 Å². The molecule has 0 saturated heterocycles. The molecule has 1 atom stereocenters. The van der Waals surface area contributed by atoms with Crippen molar-refractivity contribution in [2.24, 2.45) is 0 Å². The first-order chi connectivity index (χ1) is 18.5. The molecule has 1 N–H and O–H groups in total. The van der Waals surface area contributed by atoms with Gasteiger partial charge in [-0.25, -0.2) is 8.42 Å². The molecule has 214 valence electrons. The van der Waals surface area contributed by atoms with Gasteiger partial charge in [-0.15, -0.1) is 0 Å². The molecule has 0 radical (unpaired) electrons. The van der Waals surface area contributed by atoms with Crippen molar-refractivity contribution in [1.82, 2.24) is 10.2 Å². The zero-order valence-electron chi connectivity index (χ0n) is 22.7. The second-order valence-corrected chi connectivity index (χ2v) is 12.7. The molecule has 2 amide bonds. The highest BCUT2D eigenvalue weighted by Crippen LogP contribution is 2.26. The Balaban J connectivity index is 1.75. The molecule has 2 aromatic rings. The van der Waals surface area contributed by atoms with Crippen molar-refractivity contribution in [2.75, 3.05) is 24.2 Å². The lowest BCUT2D eigenvalue weighted by molar-refractivity contribution is -0.141. The Bertz CT molecular complexity index is 1250. The van der Waals surface area contributed by atoms with E-state index in [0.717, 1.165) is 31.9 Å². The van der Waals surface area contributed by atoms with E-state index in [1.807, 2.05) is 0 Å². The van der Waals surface area contributed by atoms with Gasteiger partial charge in [-0.3, -0.25) is 13.9 Å². The third kappa shape index (κ3) is 9.01. The summed E-state index contributed by atoms with van der Waals surface area (Å²) >= 11 is 12.5. The lowest BCUT2D eigenvalue weighted by Crippen LogP contribution is -2.50. The second kappa shape index (κ2) is 14.2. The molecule has 0 spiro atoms. The minimum Gasteiger partial charge on any atom is -0.497 e. The average molecular weight is 599 g/mol. The summed E-state index contributed by atoms with van der Waals surface area (Å²) in [6, 6.07) is 11.2. The van der Waals surface area contributed by atoms with E-state index >= 15 is 0 Å². The van der Waals surface area contributed by atoms with E-state index in [2.05, 4.69) is 5.32 Å². The second-order valence-electron chi connectivity index (χ2n) is 9.92. The van der Waals surface area contributed by atoms with Crippen LogP contribution in [0.5, 0.6) is 5.75 Å². The molecule has 39 heavy (non-hydrogen) atoms. The maximum atomic E-state index is 13.5. The van der Waals surface area contributed by atoms with Crippen molar-refractivity contribution >= 4 is 50.7 Å². The molecule has 1 fully saturated rings. The molecule has 0 aromatic heterocycles. The molecule has 2 aromatic carbocycles. The summed E-state index contributed by atoms with van der Waals surface area (Å²) in [5.74, 6) is 0.0435. The Kier molecular flexibility index (Phi) is 11.3. The molecule has 1 aliphatic rings. The van der Waals surface area contributed by atoms with Crippen molar-refractivity contribution < 1.29 is 22.7 Å². The molecule has 3 rings (SSSR count). The number of carbonyl (C=O) groups is 2. The fourth-order valence-electron chi connectivity index (χ4n) is 4.75. The van der Waals surface area contributed by atoms with E-state index in [1.54, 1.807) is 49.4 Å². The first kappa shape index (κ1) is 31.0. The first-order valence-electron chi connectivity index (χ1n) is 13.1. The summed E-state index contributed by atoms with van der Waals surface area (Å²) in [5.41, 5.74) is 1.12. The van der Waals surface area contributed by atoms with E-state index in [9.17, 15) is 18.0 Å². The standard InChI is InChI=1S/C28H37Cl2N3O5S/c1-20(28(35)31-23-9-5-4-6-10-23)32(19-21-14-15-22(29)17-26(21)30)27(34)13-8-16-33(39(3,36)37)24-11-7-12-25(18-24)38-2/h7,11-12,14-15,17-18,20,23H,4-6,8-10,13,16,19H2,1-3H3,(H,31,35). The van der Waals surface area contributed by atoms with Crippen molar-refractivity contribution in [3.05, 3.63) is 58.1 Å². The quantitative estimate of drug-likeness (QED) is 0.352. The summed E-state index contributed by atoms with van der Waals surface area (Å²) in [4.78, 5) is 28.2. The van der Waals surface area contributed by atoms with Crippen LogP contribution in [0.1, 0.15) is 57.4 Å². The topological polar surface area (TPSA) is 96.0 Å². The van der Waals surface area contributed by atoms with Crippen LogP contribution in [0.4, 0.5) is 5.69 Å². The third-order valence-electron chi connectivity index (χ3n) is 6.97. The van der Waals surface area contributed by atoms with Crippen LogP contribution >= 0.6 is 23.2 Å². The van der Waals surface area contributed by atoms with Gasteiger partial charge in [-0.2, -0.15) is 0 Å². The molecule has 0 aliphatic heterocycles. The van der Waals surface area contributed by atoms with Gasteiger partial charge in [0.15, 0.2) is 0 Å². The summed E-state index contributed by atoms with van der Waals surface area (Å²) in [6.07, 6.45) is 6.61. The monoisotopic (exact) mass is 597 g/mol. The van der Waals surface area contributed by atoms with Gasteiger partial charge in [0.05, 0.1) is 19.1 Å². The number of sulfonamides is 1. The number of rotatable bonds is 12. The number of hydrogen-bond donors (Lipinski definition) is 1. The summed E-state index contributed by atoms with van der Waals surface area (Å²) in [6.45, 7) is 1.93. The van der Waals surface area contributed by atoms with Gasteiger partial charge < -0.3 is 15.0 Å². The van der Waals surface area contributed by atoms with Gasteiger partial charge >= 0.3 is 0 Å². The van der Waals surface area contributed by atoms with Crippen LogP contribution in [-0.2, 0) is 26.2 Å². The van der Waals surface area contributed by atoms with Crippen molar-refractivity contribution in [3.8, 4) is 5.75 Å². The van der Waals surface area contributed by atoms with Gasteiger partial charge in [0.2, 0.25) is 21.8 Å². The number of nitrogens with one attached hydrogen (secondary N) is 1. The van der Waals surface area contributed by atoms with E-state index in [-0.39, 0.29) is 43.8 Å². The zero-order chi connectivity index (χ0) is 28.6. The van der Waals surface area contributed by atoms with Crippen molar-refractivity contribution in [1.29, 1.82) is 0 Å². The van der Waals surface area contributed by atoms with Crippen LogP contribution in [0.2, 0.25) is 10.0 Å². The largest absolute Gasteiger partial charge is 0.497 e. The number of benzene rings is 2. The lowest BCUT2D eigenvalue weighted by atomic mass is 9.95. The molecule has 11 heteroatoms. The molecule has 1 aliphatic carbocycles. The Morgan fingerprint density at radius 3 is 2.46 bits per heavy atom. The molecule has 1 saturated carbocycles. The van der Waals surface area contributed by atoms with E-state index in [1.165, 1.54) is 22.7 Å². The summed E-state index contributed by atoms with van der Waals surface area (Å²) in [5, 5.41) is 3.98. The Morgan fingerprint density at radius 1 is 1.10 bits per heavy atom. The van der Waals surface area contributed by atoms with E-state index < -0.39 is 16.1 Å². The zero-order valence-corrected chi connectivity index (χ0v) is 25.0. The number of hydrogen-bond acceptors (Lipinski definition) is 5. The van der Waals surface area contributed by atoms with Gasteiger partial charge in [-0.05, 0) is 56.0 Å². The van der Waals surface area contributed by atoms with Crippen LogP contribution in [0.25, 0.3) is 0 Å². The normalized spacial score (nSPS) is 14.9. The maximum absolute atomic E-state index is 13.5. The predicted octanol–water partition coefficient (Wildman–Crippen LogP) is 5.41. The maximum Gasteiger partial charge on any atom is 0.242 e. The van der Waals surface area contributed by atoms with Gasteiger partial charge in [-0.1, -0.05) is 54.6 Å². The van der Waals surface area contributed by atoms with Gasteiger partial charge in [0.1, 0.15) is 11.8 Å². The van der Waals surface area contributed by atoms with Crippen LogP contribution in [0, 0.1) is 0 Å². The fourth-order valence-corrected chi connectivity index (χ4v) is 6.18. The van der Waals surface area contributed by atoms with Crippen LogP contribution in [0.15, 0.2) is 42.5 Å². The minimum atomic E-state index is -3.61. The highest BCUT2D eigenvalue weighted by atomic mass is 35.5. The number of methoxy groups -OCH3 is 1. The summed E-state index contributed by atoms with van der Waals surface area (Å²) in [7, 11) is -2.10.